The summed E-state index contributed by atoms with van der Waals surface area (Å²) in [6.45, 7) is 13.7. The lowest BCUT2D eigenvalue weighted by Gasteiger charge is -2.43. The highest BCUT2D eigenvalue weighted by molar-refractivity contribution is 7.11. The van der Waals surface area contributed by atoms with Crippen LogP contribution in [0.15, 0.2) is 0 Å². The summed E-state index contributed by atoms with van der Waals surface area (Å²) in [4.78, 5) is 0. The molecule has 4 rings (SSSR count). The van der Waals surface area contributed by atoms with Gasteiger partial charge in [0.2, 0.25) is 0 Å². The number of hydrogen-bond donors (Lipinski definition) is 0. The average molecular weight is 334 g/mol. The normalized spacial score (nSPS) is 46.8. The molecule has 6 heteroatoms. The third kappa shape index (κ3) is 2.87. The highest BCUT2D eigenvalue weighted by Crippen LogP contribution is 2.51. The highest BCUT2D eigenvalue weighted by atomic mass is 16.7. The molecule has 0 aromatic carbocycles. The maximum Gasteiger partial charge on any atom is 0.488 e. The zero-order valence-corrected chi connectivity index (χ0v) is 16.2. The van der Waals surface area contributed by atoms with Crippen molar-refractivity contribution in [2.45, 2.75) is 103 Å². The van der Waals surface area contributed by atoms with Crippen LogP contribution in [0.3, 0.4) is 0 Å². The fourth-order valence-corrected chi connectivity index (χ4v) is 5.77. The Morgan fingerprint density at radius 1 is 0.667 bits per heavy atom. The summed E-state index contributed by atoms with van der Waals surface area (Å²) in [5, 5.41) is 0. The minimum Gasteiger partial charge on any atom is -0.407 e. The molecule has 0 aromatic heterocycles. The van der Waals surface area contributed by atoms with E-state index in [-0.39, 0.29) is 37.4 Å². The lowest BCUT2D eigenvalue weighted by atomic mass is 9.49. The van der Waals surface area contributed by atoms with E-state index in [0.717, 1.165) is 25.7 Å². The van der Waals surface area contributed by atoms with Crippen LogP contribution in [0.5, 0.6) is 0 Å². The Morgan fingerprint density at radius 2 is 1.04 bits per heavy atom. The van der Waals surface area contributed by atoms with E-state index in [1.165, 1.54) is 12.8 Å². The fourth-order valence-electron chi connectivity index (χ4n) is 5.77. The monoisotopic (exact) mass is 334 g/mol. The molecule has 2 aliphatic carbocycles. The second-order valence-electron chi connectivity index (χ2n) is 10.6. The van der Waals surface area contributed by atoms with Gasteiger partial charge in [-0.3, -0.25) is 0 Å². The van der Waals surface area contributed by atoms with Crippen LogP contribution in [0, 0.1) is 10.8 Å². The van der Waals surface area contributed by atoms with E-state index in [1.54, 1.807) is 0 Å². The smallest absolute Gasteiger partial charge is 0.407 e. The predicted octanol–water partition coefficient (Wildman–Crippen LogP) is 3.81. The first-order valence-electron chi connectivity index (χ1n) is 9.67. The van der Waals surface area contributed by atoms with Crippen molar-refractivity contribution in [2.75, 3.05) is 0 Å². The third-order valence-corrected chi connectivity index (χ3v) is 6.78. The Morgan fingerprint density at radius 3 is 1.42 bits per heavy atom. The second kappa shape index (κ2) is 5.25. The molecule has 0 aromatic rings. The van der Waals surface area contributed by atoms with E-state index in [4.69, 9.17) is 18.6 Å². The molecule has 4 fully saturated rings. The lowest BCUT2D eigenvalue weighted by molar-refractivity contribution is -0.0305. The summed E-state index contributed by atoms with van der Waals surface area (Å²) in [5.41, 5.74) is 0.190. The maximum atomic E-state index is 6.40. The van der Waals surface area contributed by atoms with Gasteiger partial charge in [0.05, 0.1) is 23.4 Å². The first-order valence-corrected chi connectivity index (χ1v) is 9.67. The van der Waals surface area contributed by atoms with Crippen LogP contribution >= 0.6 is 0 Å². The summed E-state index contributed by atoms with van der Waals surface area (Å²) in [7, 11) is -0.779. The highest BCUT2D eigenvalue weighted by Gasteiger charge is 2.63. The molecule has 4 unspecified atom stereocenters. The van der Waals surface area contributed by atoms with E-state index in [9.17, 15) is 0 Å². The van der Waals surface area contributed by atoms with Gasteiger partial charge in [-0.2, -0.15) is 0 Å². The van der Waals surface area contributed by atoms with Gasteiger partial charge in [0.1, 0.15) is 0 Å². The Bertz CT molecular complexity index is 479. The lowest BCUT2D eigenvalue weighted by Crippen LogP contribution is -2.47. The Balaban J connectivity index is 1.47. The Hall–Kier alpha value is -0.0301. The topological polar surface area (TPSA) is 36.9 Å². The zero-order chi connectivity index (χ0) is 17.4. The standard InChI is InChI=1S/C18H32B2O4/c1-15(2)9-7-13-17(5,11-15)23-19(21-13)20-22-14-8-10-16(3,4)12-18(14,6)24-20/h13-14H,7-12H2,1-6H3. The summed E-state index contributed by atoms with van der Waals surface area (Å²) in [6, 6.07) is 0. The van der Waals surface area contributed by atoms with Crippen molar-refractivity contribution in [3.8, 4) is 0 Å². The molecule has 24 heavy (non-hydrogen) atoms. The van der Waals surface area contributed by atoms with Gasteiger partial charge in [0.15, 0.2) is 0 Å². The summed E-state index contributed by atoms with van der Waals surface area (Å²) in [5.74, 6) is 0. The minimum absolute atomic E-state index is 0.162. The van der Waals surface area contributed by atoms with Gasteiger partial charge in [-0.1, -0.05) is 27.7 Å². The van der Waals surface area contributed by atoms with Crippen LogP contribution in [-0.2, 0) is 18.6 Å². The van der Waals surface area contributed by atoms with Crippen molar-refractivity contribution in [2.24, 2.45) is 10.8 Å². The molecule has 2 heterocycles. The molecule has 0 spiro atoms. The molecular weight excluding hydrogens is 302 g/mol. The quantitative estimate of drug-likeness (QED) is 0.684. The van der Waals surface area contributed by atoms with Crippen molar-refractivity contribution in [3.05, 3.63) is 0 Å². The van der Waals surface area contributed by atoms with Gasteiger partial charge >= 0.3 is 14.0 Å². The van der Waals surface area contributed by atoms with Crippen molar-refractivity contribution < 1.29 is 18.6 Å². The molecule has 0 bridgehead atoms. The molecule has 2 saturated carbocycles. The van der Waals surface area contributed by atoms with Crippen LogP contribution in [0.1, 0.15) is 80.1 Å². The summed E-state index contributed by atoms with van der Waals surface area (Å²) >= 11 is 0. The van der Waals surface area contributed by atoms with Crippen molar-refractivity contribution >= 4 is 14.0 Å². The molecule has 0 radical (unpaired) electrons. The van der Waals surface area contributed by atoms with Crippen LogP contribution in [0.2, 0.25) is 0 Å². The number of hydrogen-bond acceptors (Lipinski definition) is 4. The van der Waals surface area contributed by atoms with Gasteiger partial charge in [0.25, 0.3) is 0 Å². The van der Waals surface area contributed by atoms with Crippen LogP contribution in [-0.4, -0.2) is 37.4 Å². The predicted molar refractivity (Wildman–Crippen MR) is 95.5 cm³/mol. The van der Waals surface area contributed by atoms with Gasteiger partial charge in [0, 0.05) is 0 Å². The van der Waals surface area contributed by atoms with Crippen molar-refractivity contribution in [1.82, 2.24) is 0 Å². The molecule has 134 valence electrons. The van der Waals surface area contributed by atoms with Gasteiger partial charge in [-0.05, 0) is 63.2 Å². The van der Waals surface area contributed by atoms with E-state index in [2.05, 4.69) is 41.5 Å². The molecule has 4 nitrogen and oxygen atoms in total. The zero-order valence-electron chi connectivity index (χ0n) is 16.2. The van der Waals surface area contributed by atoms with Crippen LogP contribution < -0.4 is 0 Å². The molecule has 4 atom stereocenters. The minimum atomic E-state index is -0.389. The van der Waals surface area contributed by atoms with Gasteiger partial charge in [-0.15, -0.1) is 0 Å². The SMILES string of the molecule is CC1(C)CCC2OB(B3OC4CCC(C)(C)CC4(C)O3)OC2(C)C1. The second-order valence-corrected chi connectivity index (χ2v) is 10.6. The first-order chi connectivity index (χ1) is 11.0. The third-order valence-electron chi connectivity index (χ3n) is 6.78. The number of fused-ring (bicyclic) bond motifs is 2. The Labute approximate surface area is 147 Å². The van der Waals surface area contributed by atoms with E-state index < -0.39 is 0 Å². The molecule has 2 saturated heterocycles. The average Bonchev–Trinajstić information content (AvgIpc) is 2.91. The largest absolute Gasteiger partial charge is 0.488 e. The summed E-state index contributed by atoms with van der Waals surface area (Å²) in [6.07, 6.45) is 6.86. The van der Waals surface area contributed by atoms with E-state index in [1.807, 2.05) is 0 Å². The first kappa shape index (κ1) is 17.4. The molecular formula is C18H32B2O4. The van der Waals surface area contributed by atoms with Crippen LogP contribution in [0.25, 0.3) is 0 Å². The number of rotatable bonds is 1. The van der Waals surface area contributed by atoms with Gasteiger partial charge in [-0.25, -0.2) is 0 Å². The van der Waals surface area contributed by atoms with Crippen LogP contribution in [0.4, 0.5) is 0 Å². The van der Waals surface area contributed by atoms with E-state index >= 15 is 0 Å². The molecule has 0 N–H and O–H groups in total. The molecule has 4 aliphatic rings. The fraction of sp³-hybridized carbons (Fsp3) is 1.00. The Kier molecular flexibility index (Phi) is 3.80. The van der Waals surface area contributed by atoms with Crippen molar-refractivity contribution in [3.63, 3.8) is 0 Å². The molecule has 2 aliphatic heterocycles. The van der Waals surface area contributed by atoms with E-state index in [0.29, 0.717) is 10.8 Å². The van der Waals surface area contributed by atoms with Crippen molar-refractivity contribution in [1.29, 1.82) is 0 Å². The summed E-state index contributed by atoms with van der Waals surface area (Å²) < 4.78 is 25.4. The molecule has 0 amide bonds. The van der Waals surface area contributed by atoms with Gasteiger partial charge < -0.3 is 18.6 Å². The maximum absolute atomic E-state index is 6.40.